The minimum Gasteiger partial charge on any atom is -0.394 e. The number of nitriles is 2. The Balaban J connectivity index is 1.74. The Morgan fingerprint density at radius 2 is 1.51 bits per heavy atom. The Morgan fingerprint density at radius 1 is 0.892 bits per heavy atom. The van der Waals surface area contributed by atoms with E-state index in [1.165, 1.54) is 11.3 Å². The average molecular weight is 530 g/mol. The molecule has 2 aromatic rings. The summed E-state index contributed by atoms with van der Waals surface area (Å²) in [6, 6.07) is 10.2. The highest BCUT2D eigenvalue weighted by atomic mass is 32.1. The summed E-state index contributed by atoms with van der Waals surface area (Å²) in [7, 11) is 0. The van der Waals surface area contributed by atoms with Gasteiger partial charge in [-0.1, -0.05) is 0 Å². The molecule has 2 rings (SSSR count). The van der Waals surface area contributed by atoms with Gasteiger partial charge in [0.1, 0.15) is 17.0 Å². The van der Waals surface area contributed by atoms with E-state index in [9.17, 15) is 10.5 Å². The fourth-order valence-corrected chi connectivity index (χ4v) is 4.20. The summed E-state index contributed by atoms with van der Waals surface area (Å²) in [5, 5.41) is 36.2. The highest BCUT2D eigenvalue weighted by molar-refractivity contribution is 7.16. The van der Waals surface area contributed by atoms with E-state index in [4.69, 9.17) is 24.1 Å². The normalized spacial score (nSPS) is 11.1. The lowest BCUT2D eigenvalue weighted by atomic mass is 10.1. The molecule has 0 saturated heterocycles. The molecule has 1 aromatic carbocycles. The van der Waals surface area contributed by atoms with Gasteiger partial charge >= 0.3 is 0 Å². The second-order valence-corrected chi connectivity index (χ2v) is 8.88. The molecule has 1 heterocycles. The minimum absolute atomic E-state index is 0.0197. The summed E-state index contributed by atoms with van der Waals surface area (Å²) in [4.78, 5) is 2.70. The quantitative estimate of drug-likeness (QED) is 0.222. The van der Waals surface area contributed by atoms with Crippen molar-refractivity contribution in [2.75, 3.05) is 77.5 Å². The number of thiophene rings is 1. The Hall–Kier alpha value is -2.90. The third-order valence-corrected chi connectivity index (χ3v) is 6.46. The van der Waals surface area contributed by atoms with Crippen molar-refractivity contribution in [3.8, 4) is 12.1 Å². The van der Waals surface area contributed by atoms with Crippen LogP contribution in [0.15, 0.2) is 28.4 Å². The zero-order valence-electron chi connectivity index (χ0n) is 21.7. The summed E-state index contributed by atoms with van der Waals surface area (Å²) < 4.78 is 21.7. The minimum atomic E-state index is 0.0197. The van der Waals surface area contributed by atoms with Gasteiger partial charge in [-0.15, -0.1) is 21.6 Å². The van der Waals surface area contributed by atoms with E-state index < -0.39 is 0 Å². The van der Waals surface area contributed by atoms with Gasteiger partial charge in [0, 0.05) is 18.8 Å². The van der Waals surface area contributed by atoms with E-state index in [1.54, 1.807) is 6.92 Å². The number of benzene rings is 1. The van der Waals surface area contributed by atoms with Gasteiger partial charge in [-0.25, -0.2) is 0 Å². The maximum absolute atomic E-state index is 9.39. The van der Waals surface area contributed by atoms with Crippen molar-refractivity contribution < 1.29 is 24.1 Å². The number of hydrogen-bond donors (Lipinski definition) is 1. The molecule has 0 fully saturated rings. The molecule has 0 aliphatic heterocycles. The van der Waals surface area contributed by atoms with E-state index in [2.05, 4.69) is 40.3 Å². The van der Waals surface area contributed by atoms with E-state index in [0.717, 1.165) is 24.3 Å². The highest BCUT2D eigenvalue weighted by Crippen LogP contribution is 2.36. The van der Waals surface area contributed by atoms with E-state index in [-0.39, 0.29) is 6.61 Å². The number of hydrogen-bond acceptors (Lipinski definition) is 11. The molecule has 10 nitrogen and oxygen atoms in total. The summed E-state index contributed by atoms with van der Waals surface area (Å²) in [6.07, 6.45) is 0. The van der Waals surface area contributed by atoms with Crippen LogP contribution in [-0.2, 0) is 18.9 Å². The Labute approximate surface area is 222 Å². The lowest BCUT2D eigenvalue weighted by Crippen LogP contribution is -2.27. The lowest BCUT2D eigenvalue weighted by Gasteiger charge is -2.23. The van der Waals surface area contributed by atoms with Crippen molar-refractivity contribution in [2.24, 2.45) is 10.2 Å². The Bertz CT molecular complexity index is 1080. The van der Waals surface area contributed by atoms with Crippen molar-refractivity contribution in [1.29, 1.82) is 10.5 Å². The van der Waals surface area contributed by atoms with Gasteiger partial charge in [0.05, 0.1) is 70.7 Å². The fourth-order valence-electron chi connectivity index (χ4n) is 3.33. The molecule has 0 amide bonds. The van der Waals surface area contributed by atoms with Gasteiger partial charge in [-0.3, -0.25) is 0 Å². The van der Waals surface area contributed by atoms with Crippen LogP contribution in [0.25, 0.3) is 0 Å². The molecular formula is C26H35N5O5S. The van der Waals surface area contributed by atoms with Gasteiger partial charge in [-0.2, -0.15) is 10.5 Å². The molecular weight excluding hydrogens is 494 g/mol. The van der Waals surface area contributed by atoms with Gasteiger partial charge in [0.15, 0.2) is 5.00 Å². The van der Waals surface area contributed by atoms with Gasteiger partial charge < -0.3 is 29.0 Å². The van der Waals surface area contributed by atoms with Crippen LogP contribution >= 0.6 is 11.3 Å². The second kappa shape index (κ2) is 17.5. The molecule has 0 spiro atoms. The van der Waals surface area contributed by atoms with Gasteiger partial charge in [0.2, 0.25) is 0 Å². The van der Waals surface area contributed by atoms with E-state index in [0.29, 0.717) is 79.5 Å². The zero-order valence-corrected chi connectivity index (χ0v) is 22.6. The number of aliphatic hydroxyl groups is 1. The van der Waals surface area contributed by atoms with Gasteiger partial charge in [-0.05, 0) is 50.1 Å². The first-order valence-corrected chi connectivity index (χ1v) is 13.0. The van der Waals surface area contributed by atoms with Crippen LogP contribution in [0.4, 0.5) is 16.4 Å². The molecule has 0 aliphatic rings. The number of ether oxygens (including phenoxy) is 4. The number of anilines is 1. The smallest absolute Gasteiger partial charge is 0.158 e. The first-order valence-electron chi connectivity index (χ1n) is 12.2. The third-order valence-electron chi connectivity index (χ3n) is 5.37. The fraction of sp³-hybridized carbons (Fsp3) is 0.538. The van der Waals surface area contributed by atoms with Crippen molar-refractivity contribution in [3.05, 3.63) is 39.8 Å². The summed E-state index contributed by atoms with van der Waals surface area (Å²) in [6.45, 7) is 11.3. The Kier molecular flexibility index (Phi) is 14.4. The van der Waals surface area contributed by atoms with E-state index in [1.807, 2.05) is 19.1 Å². The summed E-state index contributed by atoms with van der Waals surface area (Å²) in [5.41, 5.74) is 3.78. The molecule has 0 unspecified atom stereocenters. The SMILES string of the molecule is CCN(CCOCCOCCOCCOCCO)c1ccc(N=Nc2sc(C#N)c(C)c2C#N)c(C)c1. The van der Waals surface area contributed by atoms with Crippen LogP contribution in [0.1, 0.15) is 28.5 Å². The molecule has 0 atom stereocenters. The number of azo groups is 1. The number of rotatable bonds is 18. The highest BCUT2D eigenvalue weighted by Gasteiger charge is 2.14. The van der Waals surface area contributed by atoms with Crippen molar-refractivity contribution >= 4 is 27.7 Å². The monoisotopic (exact) mass is 529 g/mol. The maximum atomic E-state index is 9.39. The standard InChI is InChI=1S/C26H35N5O5S/c1-4-31(7-9-33-11-13-35-15-16-36-14-12-34-10-8-32)22-5-6-24(20(2)17-22)29-30-26-23(18-27)21(3)25(19-28)37-26/h5-6,17,32H,4,7-16H2,1-3H3. The zero-order chi connectivity index (χ0) is 26.9. The van der Waals surface area contributed by atoms with Crippen molar-refractivity contribution in [3.63, 3.8) is 0 Å². The summed E-state index contributed by atoms with van der Waals surface area (Å²) in [5.74, 6) is 0. The third kappa shape index (κ3) is 10.2. The molecule has 200 valence electrons. The number of nitrogens with zero attached hydrogens (tertiary/aromatic N) is 5. The molecule has 0 saturated carbocycles. The van der Waals surface area contributed by atoms with Crippen LogP contribution < -0.4 is 4.90 Å². The molecule has 0 radical (unpaired) electrons. The largest absolute Gasteiger partial charge is 0.394 e. The lowest BCUT2D eigenvalue weighted by molar-refractivity contribution is -0.00488. The number of likely N-dealkylation sites (N-methyl/N-ethyl adjacent to an activating group) is 1. The van der Waals surface area contributed by atoms with Crippen LogP contribution in [0.5, 0.6) is 0 Å². The average Bonchev–Trinajstić information content (AvgIpc) is 3.22. The second-order valence-electron chi connectivity index (χ2n) is 7.88. The molecule has 1 N–H and O–H groups in total. The molecule has 1 aromatic heterocycles. The molecule has 37 heavy (non-hydrogen) atoms. The Morgan fingerprint density at radius 3 is 2.05 bits per heavy atom. The summed E-state index contributed by atoms with van der Waals surface area (Å²) >= 11 is 1.18. The molecule has 0 bridgehead atoms. The first-order chi connectivity index (χ1) is 18.0. The topological polar surface area (TPSA) is 133 Å². The number of aliphatic hydroxyl groups excluding tert-OH is 1. The van der Waals surface area contributed by atoms with Crippen molar-refractivity contribution in [1.82, 2.24) is 0 Å². The van der Waals surface area contributed by atoms with Crippen LogP contribution in [0.2, 0.25) is 0 Å². The van der Waals surface area contributed by atoms with Gasteiger partial charge in [0.25, 0.3) is 0 Å². The van der Waals surface area contributed by atoms with Crippen LogP contribution in [-0.4, -0.2) is 77.7 Å². The predicted octanol–water partition coefficient (Wildman–Crippen LogP) is 4.41. The van der Waals surface area contributed by atoms with Crippen LogP contribution in [0.3, 0.4) is 0 Å². The predicted molar refractivity (Wildman–Crippen MR) is 142 cm³/mol. The molecule has 0 aliphatic carbocycles. The van der Waals surface area contributed by atoms with Crippen molar-refractivity contribution in [2.45, 2.75) is 20.8 Å². The van der Waals surface area contributed by atoms with E-state index >= 15 is 0 Å². The molecule has 11 heteroatoms. The van der Waals surface area contributed by atoms with Crippen LogP contribution in [0, 0.1) is 36.5 Å². The first kappa shape index (κ1) is 30.3. The number of aryl methyl sites for hydroxylation is 1. The maximum Gasteiger partial charge on any atom is 0.158 e.